The predicted octanol–water partition coefficient (Wildman–Crippen LogP) is 1.56. The first kappa shape index (κ1) is 14.5. The fourth-order valence-corrected chi connectivity index (χ4v) is 1.93. The highest BCUT2D eigenvalue weighted by Gasteiger charge is 2.27. The SMILES string of the molecule is CN(C(=O)CCC1CCCCO1)C(C)(C)CO. The summed E-state index contributed by atoms with van der Waals surface area (Å²) >= 11 is 0. The van der Waals surface area contributed by atoms with Gasteiger partial charge in [0.25, 0.3) is 0 Å². The first-order valence-corrected chi connectivity index (χ1v) is 6.46. The van der Waals surface area contributed by atoms with E-state index in [1.807, 2.05) is 13.8 Å². The van der Waals surface area contributed by atoms with Crippen molar-refractivity contribution in [2.24, 2.45) is 0 Å². The molecule has 4 heteroatoms. The van der Waals surface area contributed by atoms with Crippen LogP contribution in [0, 0.1) is 0 Å². The van der Waals surface area contributed by atoms with Crippen LogP contribution < -0.4 is 0 Å². The molecule has 1 saturated heterocycles. The quantitative estimate of drug-likeness (QED) is 0.797. The molecule has 1 rings (SSSR count). The minimum Gasteiger partial charge on any atom is -0.394 e. The van der Waals surface area contributed by atoms with Crippen molar-refractivity contribution in [1.82, 2.24) is 4.90 Å². The molecule has 0 aromatic heterocycles. The maximum atomic E-state index is 12.0. The number of hydrogen-bond donors (Lipinski definition) is 1. The Morgan fingerprint density at radius 3 is 2.71 bits per heavy atom. The molecule has 0 bridgehead atoms. The number of hydrogen-bond acceptors (Lipinski definition) is 3. The zero-order valence-electron chi connectivity index (χ0n) is 11.2. The lowest BCUT2D eigenvalue weighted by atomic mass is 10.0. The zero-order chi connectivity index (χ0) is 12.9. The molecule has 4 nitrogen and oxygen atoms in total. The summed E-state index contributed by atoms with van der Waals surface area (Å²) < 4.78 is 5.60. The van der Waals surface area contributed by atoms with Gasteiger partial charge in [0, 0.05) is 20.1 Å². The number of aliphatic hydroxyl groups is 1. The van der Waals surface area contributed by atoms with Gasteiger partial charge in [-0.3, -0.25) is 4.79 Å². The van der Waals surface area contributed by atoms with Gasteiger partial charge in [-0.05, 0) is 39.5 Å². The van der Waals surface area contributed by atoms with Gasteiger partial charge in [-0.25, -0.2) is 0 Å². The van der Waals surface area contributed by atoms with Crippen LogP contribution in [0.5, 0.6) is 0 Å². The molecule has 17 heavy (non-hydrogen) atoms. The van der Waals surface area contributed by atoms with E-state index in [-0.39, 0.29) is 18.6 Å². The van der Waals surface area contributed by atoms with E-state index < -0.39 is 5.54 Å². The van der Waals surface area contributed by atoms with Crippen molar-refractivity contribution >= 4 is 5.91 Å². The van der Waals surface area contributed by atoms with Crippen LogP contribution in [0.15, 0.2) is 0 Å². The highest BCUT2D eigenvalue weighted by Crippen LogP contribution is 2.19. The fraction of sp³-hybridized carbons (Fsp3) is 0.923. The van der Waals surface area contributed by atoms with Crippen LogP contribution >= 0.6 is 0 Å². The molecule has 1 aliphatic heterocycles. The Morgan fingerprint density at radius 1 is 1.47 bits per heavy atom. The number of carbonyl (C=O) groups is 1. The Kier molecular flexibility index (Phi) is 5.40. The lowest BCUT2D eigenvalue weighted by Gasteiger charge is -2.34. The summed E-state index contributed by atoms with van der Waals surface area (Å²) in [6.07, 6.45) is 4.97. The highest BCUT2D eigenvalue weighted by atomic mass is 16.5. The lowest BCUT2D eigenvalue weighted by molar-refractivity contribution is -0.137. The smallest absolute Gasteiger partial charge is 0.222 e. The van der Waals surface area contributed by atoms with Crippen molar-refractivity contribution in [3.63, 3.8) is 0 Å². The van der Waals surface area contributed by atoms with E-state index in [1.54, 1.807) is 11.9 Å². The van der Waals surface area contributed by atoms with Crippen LogP contribution in [0.1, 0.15) is 46.0 Å². The Balaban J connectivity index is 2.33. The van der Waals surface area contributed by atoms with Gasteiger partial charge in [0.1, 0.15) is 0 Å². The summed E-state index contributed by atoms with van der Waals surface area (Å²) in [6.45, 7) is 4.54. The number of aliphatic hydroxyl groups excluding tert-OH is 1. The van der Waals surface area contributed by atoms with Crippen molar-refractivity contribution < 1.29 is 14.6 Å². The number of amides is 1. The number of rotatable bonds is 5. The second kappa shape index (κ2) is 6.36. The van der Waals surface area contributed by atoms with E-state index in [1.165, 1.54) is 6.42 Å². The summed E-state index contributed by atoms with van der Waals surface area (Å²) in [6, 6.07) is 0. The lowest BCUT2D eigenvalue weighted by Crippen LogP contribution is -2.47. The van der Waals surface area contributed by atoms with E-state index in [0.717, 1.165) is 25.9 Å². The molecule has 100 valence electrons. The second-order valence-electron chi connectivity index (χ2n) is 5.45. The monoisotopic (exact) mass is 243 g/mol. The number of ether oxygens (including phenoxy) is 1. The van der Waals surface area contributed by atoms with Gasteiger partial charge < -0.3 is 14.7 Å². The number of carbonyl (C=O) groups excluding carboxylic acids is 1. The topological polar surface area (TPSA) is 49.8 Å². The Morgan fingerprint density at radius 2 is 2.18 bits per heavy atom. The van der Waals surface area contributed by atoms with Crippen molar-refractivity contribution in [2.75, 3.05) is 20.3 Å². The summed E-state index contributed by atoms with van der Waals surface area (Å²) in [5, 5.41) is 9.21. The van der Waals surface area contributed by atoms with Crippen LogP contribution in [-0.2, 0) is 9.53 Å². The summed E-state index contributed by atoms with van der Waals surface area (Å²) in [5.41, 5.74) is -0.482. The molecule has 1 heterocycles. The molecule has 0 radical (unpaired) electrons. The predicted molar refractivity (Wildman–Crippen MR) is 66.8 cm³/mol. The summed E-state index contributed by atoms with van der Waals surface area (Å²) in [5.74, 6) is 0.0817. The minimum absolute atomic E-state index is 0.0187. The molecule has 0 aromatic carbocycles. The first-order chi connectivity index (χ1) is 7.97. The van der Waals surface area contributed by atoms with E-state index in [0.29, 0.717) is 6.42 Å². The van der Waals surface area contributed by atoms with Gasteiger partial charge in [0.15, 0.2) is 0 Å². The van der Waals surface area contributed by atoms with Gasteiger partial charge in [-0.2, -0.15) is 0 Å². The van der Waals surface area contributed by atoms with E-state index in [2.05, 4.69) is 0 Å². The van der Waals surface area contributed by atoms with Crippen molar-refractivity contribution in [3.8, 4) is 0 Å². The van der Waals surface area contributed by atoms with Gasteiger partial charge in [-0.1, -0.05) is 0 Å². The van der Waals surface area contributed by atoms with Gasteiger partial charge >= 0.3 is 0 Å². The zero-order valence-corrected chi connectivity index (χ0v) is 11.2. The number of nitrogens with zero attached hydrogens (tertiary/aromatic N) is 1. The largest absolute Gasteiger partial charge is 0.394 e. The van der Waals surface area contributed by atoms with Crippen LogP contribution in [0.3, 0.4) is 0 Å². The van der Waals surface area contributed by atoms with Crippen LogP contribution in [0.2, 0.25) is 0 Å². The third-order valence-electron chi connectivity index (χ3n) is 3.62. The van der Waals surface area contributed by atoms with Gasteiger partial charge in [0.2, 0.25) is 5.91 Å². The minimum atomic E-state index is -0.482. The van der Waals surface area contributed by atoms with Crippen molar-refractivity contribution in [1.29, 1.82) is 0 Å². The average molecular weight is 243 g/mol. The van der Waals surface area contributed by atoms with Crippen LogP contribution in [0.4, 0.5) is 0 Å². The maximum Gasteiger partial charge on any atom is 0.222 e. The maximum absolute atomic E-state index is 12.0. The third kappa shape index (κ3) is 4.28. The van der Waals surface area contributed by atoms with Gasteiger partial charge in [-0.15, -0.1) is 0 Å². The summed E-state index contributed by atoms with van der Waals surface area (Å²) in [7, 11) is 1.75. The molecular formula is C13H25NO3. The summed E-state index contributed by atoms with van der Waals surface area (Å²) in [4.78, 5) is 13.6. The molecule has 0 aliphatic carbocycles. The van der Waals surface area contributed by atoms with Gasteiger partial charge in [0.05, 0.1) is 18.2 Å². The molecular weight excluding hydrogens is 218 g/mol. The third-order valence-corrected chi connectivity index (χ3v) is 3.62. The molecule has 0 saturated carbocycles. The van der Waals surface area contributed by atoms with E-state index in [4.69, 9.17) is 4.74 Å². The van der Waals surface area contributed by atoms with Crippen molar-refractivity contribution in [3.05, 3.63) is 0 Å². The van der Waals surface area contributed by atoms with E-state index in [9.17, 15) is 9.90 Å². The molecule has 1 unspecified atom stereocenters. The first-order valence-electron chi connectivity index (χ1n) is 6.46. The van der Waals surface area contributed by atoms with Crippen LogP contribution in [0.25, 0.3) is 0 Å². The normalized spacial score (nSPS) is 21.3. The van der Waals surface area contributed by atoms with E-state index >= 15 is 0 Å². The molecule has 1 N–H and O–H groups in total. The molecule has 0 spiro atoms. The Labute approximate surface area is 104 Å². The highest BCUT2D eigenvalue weighted by molar-refractivity contribution is 5.76. The second-order valence-corrected chi connectivity index (χ2v) is 5.45. The number of likely N-dealkylation sites (N-methyl/N-ethyl adjacent to an activating group) is 1. The van der Waals surface area contributed by atoms with Crippen molar-refractivity contribution in [2.45, 2.75) is 57.6 Å². The fourth-order valence-electron chi connectivity index (χ4n) is 1.93. The molecule has 0 aromatic rings. The average Bonchev–Trinajstić information content (AvgIpc) is 2.36. The molecule has 1 aliphatic rings. The van der Waals surface area contributed by atoms with Crippen LogP contribution in [-0.4, -0.2) is 47.8 Å². The molecule has 1 fully saturated rings. The standard InChI is InChI=1S/C13H25NO3/c1-13(2,10-15)14(3)12(16)8-7-11-6-4-5-9-17-11/h11,15H,4-10H2,1-3H3. The molecule has 1 amide bonds. The molecule has 1 atom stereocenters. The Hall–Kier alpha value is -0.610. The Bertz CT molecular complexity index is 247.